The molecule has 0 aromatic carbocycles. The third-order valence-electron chi connectivity index (χ3n) is 2.28. The van der Waals surface area contributed by atoms with Gasteiger partial charge in [-0.05, 0) is 32.7 Å². The van der Waals surface area contributed by atoms with E-state index in [4.69, 9.17) is 0 Å². The van der Waals surface area contributed by atoms with E-state index in [2.05, 4.69) is 18.7 Å². The summed E-state index contributed by atoms with van der Waals surface area (Å²) in [4.78, 5) is 2.38. The predicted molar refractivity (Wildman–Crippen MR) is 40.4 cm³/mol. The molecule has 59 valence electrons. The molecule has 0 saturated carbocycles. The largest absolute Gasteiger partial charge is 0.301 e. The van der Waals surface area contributed by atoms with E-state index in [0.717, 1.165) is 19.5 Å². The summed E-state index contributed by atoms with van der Waals surface area (Å²) in [6, 6.07) is 0.622. The van der Waals surface area contributed by atoms with Crippen LogP contribution in [0.1, 0.15) is 20.3 Å². The van der Waals surface area contributed by atoms with Gasteiger partial charge in [-0.2, -0.15) is 0 Å². The lowest BCUT2D eigenvalue weighted by Gasteiger charge is -2.19. The Morgan fingerprint density at radius 2 is 2.30 bits per heavy atom. The molecule has 0 aromatic rings. The molecule has 1 aliphatic heterocycles. The van der Waals surface area contributed by atoms with Gasteiger partial charge in [0, 0.05) is 12.6 Å². The van der Waals surface area contributed by atoms with Crippen LogP contribution in [-0.2, 0) is 5.11 Å². The van der Waals surface area contributed by atoms with E-state index < -0.39 is 0 Å². The molecule has 1 heterocycles. The molecule has 0 aliphatic carbocycles. The van der Waals surface area contributed by atoms with E-state index in [1.165, 1.54) is 0 Å². The predicted octanol–water partition coefficient (Wildman–Crippen LogP) is 1.15. The highest BCUT2D eigenvalue weighted by molar-refractivity contribution is 4.76. The van der Waals surface area contributed by atoms with Crippen molar-refractivity contribution in [1.29, 1.82) is 0 Å². The standard InChI is InChI=1S/C8H16NO/c1-7(2)9-4-3-8(5-9)6-10/h7-8H,3-6H2,1-2H3. The van der Waals surface area contributed by atoms with Gasteiger partial charge >= 0.3 is 0 Å². The van der Waals surface area contributed by atoms with Gasteiger partial charge in [-0.1, -0.05) is 0 Å². The summed E-state index contributed by atoms with van der Waals surface area (Å²) >= 11 is 0. The highest BCUT2D eigenvalue weighted by Crippen LogP contribution is 2.17. The van der Waals surface area contributed by atoms with Crippen molar-refractivity contribution < 1.29 is 5.11 Å². The Balaban J connectivity index is 2.28. The zero-order valence-corrected chi connectivity index (χ0v) is 6.84. The quantitative estimate of drug-likeness (QED) is 0.567. The molecule has 0 aromatic heterocycles. The topological polar surface area (TPSA) is 23.1 Å². The minimum Gasteiger partial charge on any atom is -0.301 e. The second-order valence-corrected chi connectivity index (χ2v) is 3.41. The van der Waals surface area contributed by atoms with E-state index in [-0.39, 0.29) is 6.61 Å². The van der Waals surface area contributed by atoms with Crippen molar-refractivity contribution in [3.05, 3.63) is 0 Å². The summed E-state index contributed by atoms with van der Waals surface area (Å²) in [5.41, 5.74) is 0. The van der Waals surface area contributed by atoms with Crippen molar-refractivity contribution in [2.75, 3.05) is 19.7 Å². The molecular weight excluding hydrogens is 126 g/mol. The fourth-order valence-corrected chi connectivity index (χ4v) is 1.47. The molecule has 0 N–H and O–H groups in total. The van der Waals surface area contributed by atoms with Crippen LogP contribution < -0.4 is 0 Å². The zero-order chi connectivity index (χ0) is 7.56. The van der Waals surface area contributed by atoms with Crippen molar-refractivity contribution in [3.8, 4) is 0 Å². The first-order chi connectivity index (χ1) is 4.74. The van der Waals surface area contributed by atoms with Crippen molar-refractivity contribution >= 4 is 0 Å². The summed E-state index contributed by atoms with van der Waals surface area (Å²) < 4.78 is 0. The van der Waals surface area contributed by atoms with Crippen molar-refractivity contribution in [2.24, 2.45) is 5.92 Å². The highest BCUT2D eigenvalue weighted by Gasteiger charge is 2.23. The molecule has 2 nitrogen and oxygen atoms in total. The van der Waals surface area contributed by atoms with Crippen LogP contribution >= 0.6 is 0 Å². The van der Waals surface area contributed by atoms with E-state index in [1.807, 2.05) is 0 Å². The third-order valence-corrected chi connectivity index (χ3v) is 2.28. The monoisotopic (exact) mass is 142 g/mol. The number of hydrogen-bond donors (Lipinski definition) is 0. The van der Waals surface area contributed by atoms with Gasteiger partial charge in [0.25, 0.3) is 0 Å². The van der Waals surface area contributed by atoms with Crippen molar-refractivity contribution in [1.82, 2.24) is 4.90 Å². The summed E-state index contributed by atoms with van der Waals surface area (Å²) in [5.74, 6) is 0.433. The highest BCUT2D eigenvalue weighted by atomic mass is 16.3. The fraction of sp³-hybridized carbons (Fsp3) is 1.00. The Labute approximate surface area is 62.8 Å². The molecule has 0 spiro atoms. The molecule has 1 unspecified atom stereocenters. The van der Waals surface area contributed by atoms with E-state index in [1.54, 1.807) is 0 Å². The van der Waals surface area contributed by atoms with Crippen LogP contribution in [0.4, 0.5) is 0 Å². The van der Waals surface area contributed by atoms with Gasteiger partial charge in [0.05, 0.1) is 6.61 Å². The fourth-order valence-electron chi connectivity index (χ4n) is 1.47. The number of nitrogens with zero attached hydrogens (tertiary/aromatic N) is 1. The molecule has 1 aliphatic rings. The van der Waals surface area contributed by atoms with Gasteiger partial charge < -0.3 is 4.90 Å². The first-order valence-corrected chi connectivity index (χ1v) is 4.06. The van der Waals surface area contributed by atoms with E-state index in [9.17, 15) is 5.11 Å². The summed E-state index contributed by atoms with van der Waals surface area (Å²) in [6.45, 7) is 6.65. The van der Waals surface area contributed by atoms with Crippen LogP contribution in [0.5, 0.6) is 0 Å². The van der Waals surface area contributed by atoms with Crippen LogP contribution in [0, 0.1) is 5.92 Å². The van der Waals surface area contributed by atoms with Crippen LogP contribution in [0.2, 0.25) is 0 Å². The van der Waals surface area contributed by atoms with Gasteiger partial charge in [0.2, 0.25) is 0 Å². The second kappa shape index (κ2) is 3.35. The lowest BCUT2D eigenvalue weighted by molar-refractivity contribution is 0.141. The molecule has 2 heteroatoms. The Bertz CT molecular complexity index is 103. The molecule has 1 rings (SSSR count). The van der Waals surface area contributed by atoms with E-state index >= 15 is 0 Å². The van der Waals surface area contributed by atoms with Crippen LogP contribution in [0.3, 0.4) is 0 Å². The van der Waals surface area contributed by atoms with Crippen molar-refractivity contribution in [3.63, 3.8) is 0 Å². The summed E-state index contributed by atoms with van der Waals surface area (Å²) in [6.07, 6.45) is 1.11. The smallest absolute Gasteiger partial charge is 0.0863 e. The molecule has 1 saturated heterocycles. The maximum absolute atomic E-state index is 10.5. The molecule has 0 bridgehead atoms. The Kier molecular flexibility index (Phi) is 2.69. The maximum atomic E-state index is 10.5. The van der Waals surface area contributed by atoms with Crippen molar-refractivity contribution in [2.45, 2.75) is 26.3 Å². The number of hydrogen-bond acceptors (Lipinski definition) is 1. The van der Waals surface area contributed by atoms with Gasteiger partial charge in [-0.3, -0.25) is 0 Å². The first kappa shape index (κ1) is 8.02. The van der Waals surface area contributed by atoms with Crippen LogP contribution in [0.15, 0.2) is 0 Å². The normalized spacial score (nSPS) is 28.2. The number of likely N-dealkylation sites (tertiary alicyclic amines) is 1. The van der Waals surface area contributed by atoms with Gasteiger partial charge in [0.1, 0.15) is 0 Å². The van der Waals surface area contributed by atoms with Gasteiger partial charge in [0.15, 0.2) is 0 Å². The maximum Gasteiger partial charge on any atom is 0.0863 e. The van der Waals surface area contributed by atoms with Gasteiger partial charge in [-0.25, -0.2) is 5.11 Å². The minimum absolute atomic E-state index is 0.114. The lowest BCUT2D eigenvalue weighted by atomic mass is 10.1. The lowest BCUT2D eigenvalue weighted by Crippen LogP contribution is -2.28. The summed E-state index contributed by atoms with van der Waals surface area (Å²) in [7, 11) is 0. The molecule has 1 fully saturated rings. The first-order valence-electron chi connectivity index (χ1n) is 4.06. The molecule has 10 heavy (non-hydrogen) atoms. The summed E-state index contributed by atoms with van der Waals surface area (Å²) in [5, 5.41) is 10.5. The minimum atomic E-state index is 0.114. The van der Waals surface area contributed by atoms with Crippen LogP contribution in [0.25, 0.3) is 0 Å². The number of rotatable bonds is 2. The Morgan fingerprint density at radius 1 is 1.60 bits per heavy atom. The van der Waals surface area contributed by atoms with E-state index in [0.29, 0.717) is 12.0 Å². The third kappa shape index (κ3) is 1.70. The molecule has 1 radical (unpaired) electrons. The van der Waals surface area contributed by atoms with Crippen LogP contribution in [-0.4, -0.2) is 30.6 Å². The SMILES string of the molecule is CC(C)N1CCC(C[O])C1. The Morgan fingerprint density at radius 3 is 2.60 bits per heavy atom. The molecule has 0 amide bonds. The Hall–Kier alpha value is -0.0800. The average Bonchev–Trinajstić information content (AvgIpc) is 2.34. The zero-order valence-electron chi connectivity index (χ0n) is 6.84. The molecular formula is C8H16NO. The second-order valence-electron chi connectivity index (χ2n) is 3.41. The average molecular weight is 142 g/mol. The van der Waals surface area contributed by atoms with Gasteiger partial charge in [-0.15, -0.1) is 0 Å². The molecule has 1 atom stereocenters.